The fourth-order valence-corrected chi connectivity index (χ4v) is 3.04. The zero-order valence-electron chi connectivity index (χ0n) is 15.4. The molecule has 0 aliphatic heterocycles. The van der Waals surface area contributed by atoms with Crippen molar-refractivity contribution in [1.82, 2.24) is 10.6 Å². The molecule has 26 heavy (non-hydrogen) atoms. The Balaban J connectivity index is 0.00000243. The Morgan fingerprint density at radius 2 is 1.73 bits per heavy atom. The van der Waals surface area contributed by atoms with Crippen LogP contribution < -0.4 is 10.6 Å². The second-order valence-corrected chi connectivity index (χ2v) is 6.84. The van der Waals surface area contributed by atoms with Crippen molar-refractivity contribution in [1.29, 1.82) is 0 Å². The molecule has 0 aromatic heterocycles. The summed E-state index contributed by atoms with van der Waals surface area (Å²) in [5, 5.41) is 17.5. The van der Waals surface area contributed by atoms with E-state index in [9.17, 15) is 5.11 Å². The van der Waals surface area contributed by atoms with E-state index < -0.39 is 5.60 Å². The van der Waals surface area contributed by atoms with Gasteiger partial charge >= 0.3 is 0 Å². The number of nitrogens with one attached hydrogen (secondary N) is 2. The summed E-state index contributed by atoms with van der Waals surface area (Å²) in [4.78, 5) is 4.61. The van der Waals surface area contributed by atoms with Crippen LogP contribution in [0.5, 0.6) is 0 Å². The van der Waals surface area contributed by atoms with Crippen LogP contribution in [0.2, 0.25) is 0 Å². The van der Waals surface area contributed by atoms with Gasteiger partial charge in [0.25, 0.3) is 0 Å². The number of benzene rings is 2. The topological polar surface area (TPSA) is 56.7 Å². The molecule has 0 bridgehead atoms. The van der Waals surface area contributed by atoms with Crippen LogP contribution in [0, 0.1) is 0 Å². The second-order valence-electron chi connectivity index (χ2n) is 6.84. The minimum Gasteiger partial charge on any atom is -0.384 e. The summed E-state index contributed by atoms with van der Waals surface area (Å²) in [5.41, 5.74) is 1.27. The van der Waals surface area contributed by atoms with Crippen LogP contribution in [0.1, 0.15) is 37.3 Å². The first kappa shape index (κ1) is 20.7. The van der Waals surface area contributed by atoms with Crippen molar-refractivity contribution in [3.8, 4) is 0 Å². The summed E-state index contributed by atoms with van der Waals surface area (Å²) >= 11 is 0. The lowest BCUT2D eigenvalue weighted by Gasteiger charge is -2.22. The number of hydrogen-bond donors (Lipinski definition) is 3. The molecule has 5 heteroatoms. The first-order chi connectivity index (χ1) is 12.1. The molecule has 3 N–H and O–H groups in total. The maximum absolute atomic E-state index is 10.7. The Morgan fingerprint density at radius 3 is 2.35 bits per heavy atom. The van der Waals surface area contributed by atoms with Gasteiger partial charge in [0.05, 0.1) is 6.54 Å². The van der Waals surface area contributed by atoms with Crippen LogP contribution in [0.3, 0.4) is 0 Å². The summed E-state index contributed by atoms with van der Waals surface area (Å²) in [6, 6.07) is 20.7. The molecule has 140 valence electrons. The summed E-state index contributed by atoms with van der Waals surface area (Å²) in [6.07, 6.45) is 1.11. The van der Waals surface area contributed by atoms with Gasteiger partial charge in [-0.2, -0.15) is 0 Å². The molecule has 3 unspecified atom stereocenters. The normalized spacial score (nSPS) is 21.3. The molecule has 0 saturated heterocycles. The van der Waals surface area contributed by atoms with Crippen LogP contribution in [0.15, 0.2) is 65.7 Å². The molecule has 1 saturated carbocycles. The second kappa shape index (κ2) is 9.37. The molecule has 1 aliphatic carbocycles. The molecule has 2 aromatic rings. The minimum atomic E-state index is -0.980. The van der Waals surface area contributed by atoms with Crippen molar-refractivity contribution >= 4 is 29.9 Å². The summed E-state index contributed by atoms with van der Waals surface area (Å²) in [5.74, 6) is 1.31. The Labute approximate surface area is 173 Å². The molecular formula is C21H28IN3O. The molecular weight excluding hydrogens is 437 g/mol. The Hall–Kier alpha value is -1.60. The van der Waals surface area contributed by atoms with E-state index in [0.29, 0.717) is 18.5 Å². The highest BCUT2D eigenvalue weighted by molar-refractivity contribution is 14.0. The number of nitrogens with zero attached hydrogens (tertiary/aromatic N) is 1. The van der Waals surface area contributed by atoms with E-state index in [0.717, 1.165) is 24.5 Å². The van der Waals surface area contributed by atoms with Crippen LogP contribution in [-0.2, 0) is 5.60 Å². The van der Waals surface area contributed by atoms with Crippen molar-refractivity contribution in [3.05, 3.63) is 71.8 Å². The average molecular weight is 465 g/mol. The quantitative estimate of drug-likeness (QED) is 0.347. The third kappa shape index (κ3) is 5.45. The fourth-order valence-electron chi connectivity index (χ4n) is 3.04. The van der Waals surface area contributed by atoms with Crippen molar-refractivity contribution in [2.24, 2.45) is 4.99 Å². The van der Waals surface area contributed by atoms with E-state index in [-0.39, 0.29) is 24.0 Å². The molecule has 0 spiro atoms. The van der Waals surface area contributed by atoms with Gasteiger partial charge in [0, 0.05) is 18.5 Å². The van der Waals surface area contributed by atoms with E-state index in [4.69, 9.17) is 0 Å². The lowest BCUT2D eigenvalue weighted by molar-refractivity contribution is 0.0672. The zero-order chi connectivity index (χ0) is 17.7. The Morgan fingerprint density at radius 1 is 1.12 bits per heavy atom. The molecule has 0 radical (unpaired) electrons. The molecule has 1 aliphatic rings. The van der Waals surface area contributed by atoms with Crippen molar-refractivity contribution in [2.45, 2.75) is 37.8 Å². The van der Waals surface area contributed by atoms with Crippen molar-refractivity contribution in [2.75, 3.05) is 13.1 Å². The van der Waals surface area contributed by atoms with E-state index in [1.165, 1.54) is 5.56 Å². The molecule has 3 rings (SSSR count). The largest absolute Gasteiger partial charge is 0.384 e. The number of halogens is 1. The summed E-state index contributed by atoms with van der Waals surface area (Å²) in [7, 11) is 0. The lowest BCUT2D eigenvalue weighted by Crippen LogP contribution is -2.40. The van der Waals surface area contributed by atoms with Gasteiger partial charge in [-0.25, -0.2) is 4.99 Å². The number of hydrogen-bond acceptors (Lipinski definition) is 2. The number of rotatable bonds is 6. The molecule has 2 aromatic carbocycles. The molecule has 3 atom stereocenters. The third-order valence-corrected chi connectivity index (χ3v) is 4.63. The number of aliphatic hydroxyl groups is 1. The number of aliphatic imine (C=N–C) groups is 1. The first-order valence-electron chi connectivity index (χ1n) is 8.98. The van der Waals surface area contributed by atoms with E-state index in [1.54, 1.807) is 6.92 Å². The standard InChI is InChI=1S/C21H27N3O.HI/c1-3-22-20(23-15-21(2,25)17-12-8-5-9-13-17)24-19-14-18(19)16-10-6-4-7-11-16;/h4-13,18-19,25H,3,14-15H2,1-2H3,(H2,22,23,24);1H. The van der Waals surface area contributed by atoms with E-state index in [1.807, 2.05) is 43.3 Å². The van der Waals surface area contributed by atoms with Gasteiger partial charge in [-0.05, 0) is 31.4 Å². The fraction of sp³-hybridized carbons (Fsp3) is 0.381. The van der Waals surface area contributed by atoms with Crippen LogP contribution in [-0.4, -0.2) is 30.2 Å². The van der Waals surface area contributed by atoms with Gasteiger partial charge < -0.3 is 15.7 Å². The highest BCUT2D eigenvalue weighted by Gasteiger charge is 2.39. The van der Waals surface area contributed by atoms with Gasteiger partial charge in [0.2, 0.25) is 0 Å². The van der Waals surface area contributed by atoms with Gasteiger partial charge in [-0.1, -0.05) is 60.7 Å². The highest BCUT2D eigenvalue weighted by atomic mass is 127. The van der Waals surface area contributed by atoms with Crippen LogP contribution in [0.4, 0.5) is 0 Å². The predicted octanol–water partition coefficient (Wildman–Crippen LogP) is 3.62. The van der Waals surface area contributed by atoms with Gasteiger partial charge in [-0.3, -0.25) is 0 Å². The van der Waals surface area contributed by atoms with Gasteiger partial charge in [0.1, 0.15) is 5.60 Å². The highest BCUT2D eigenvalue weighted by Crippen LogP contribution is 2.40. The molecule has 0 heterocycles. The smallest absolute Gasteiger partial charge is 0.191 e. The van der Waals surface area contributed by atoms with Gasteiger partial charge in [-0.15, -0.1) is 24.0 Å². The minimum absolute atomic E-state index is 0. The monoisotopic (exact) mass is 465 g/mol. The van der Waals surface area contributed by atoms with Gasteiger partial charge in [0.15, 0.2) is 5.96 Å². The Bertz CT molecular complexity index is 704. The zero-order valence-corrected chi connectivity index (χ0v) is 17.7. The average Bonchev–Trinajstić information content (AvgIpc) is 3.41. The molecule has 0 amide bonds. The van der Waals surface area contributed by atoms with E-state index >= 15 is 0 Å². The third-order valence-electron chi connectivity index (χ3n) is 4.63. The van der Waals surface area contributed by atoms with Crippen molar-refractivity contribution < 1.29 is 5.11 Å². The van der Waals surface area contributed by atoms with Crippen molar-refractivity contribution in [3.63, 3.8) is 0 Å². The molecule has 1 fully saturated rings. The predicted molar refractivity (Wildman–Crippen MR) is 118 cm³/mol. The summed E-state index contributed by atoms with van der Waals surface area (Å²) < 4.78 is 0. The van der Waals surface area contributed by atoms with Crippen LogP contribution >= 0.6 is 24.0 Å². The SMILES string of the molecule is CCNC(=NCC(C)(O)c1ccccc1)NC1CC1c1ccccc1.I. The maximum atomic E-state index is 10.7. The van der Waals surface area contributed by atoms with E-state index in [2.05, 4.69) is 39.9 Å². The summed E-state index contributed by atoms with van der Waals surface area (Å²) in [6.45, 7) is 4.96. The first-order valence-corrected chi connectivity index (χ1v) is 8.98. The lowest BCUT2D eigenvalue weighted by atomic mass is 9.96. The maximum Gasteiger partial charge on any atom is 0.191 e. The number of guanidine groups is 1. The van der Waals surface area contributed by atoms with Crippen LogP contribution in [0.25, 0.3) is 0 Å². The molecule has 4 nitrogen and oxygen atoms in total. The Kier molecular flexibility index (Phi) is 7.46.